The van der Waals surface area contributed by atoms with Gasteiger partial charge in [-0.1, -0.05) is 0 Å². The molecule has 1 aromatic heterocycles. The first-order valence-corrected chi connectivity index (χ1v) is 6.21. The number of rotatable bonds is 2. The van der Waals surface area contributed by atoms with E-state index in [1.165, 1.54) is 0 Å². The van der Waals surface area contributed by atoms with Crippen LogP contribution in [0.25, 0.3) is 0 Å². The van der Waals surface area contributed by atoms with Crippen LogP contribution in [0.4, 0.5) is 11.5 Å². The molecule has 0 aromatic carbocycles. The number of nitrogens with one attached hydrogen (secondary N) is 4. The van der Waals surface area contributed by atoms with Gasteiger partial charge in [0.25, 0.3) is 0 Å². The molecule has 2 heterocycles. The van der Waals surface area contributed by atoms with Crippen LogP contribution in [0.2, 0.25) is 0 Å². The third-order valence-electron chi connectivity index (χ3n) is 2.89. The standard InChI is InChI=1S/C12H18N6O/c1-14-12(13)17-10-3-2-9(8-16-10)18-7-6-15-5-4-11(18)19/h2-3,8,15H,4-7H2,1H3,(H3,13,14,16,17). The highest BCUT2D eigenvalue weighted by Crippen LogP contribution is 2.16. The summed E-state index contributed by atoms with van der Waals surface area (Å²) in [6, 6.07) is 3.59. The molecule has 1 amide bonds. The summed E-state index contributed by atoms with van der Waals surface area (Å²) in [5.41, 5.74) is 0.787. The first kappa shape index (κ1) is 13.3. The number of guanidine groups is 1. The SMILES string of the molecule is CNC(=N)Nc1ccc(N2CCNCCC2=O)cn1. The van der Waals surface area contributed by atoms with Crippen LogP contribution >= 0.6 is 0 Å². The molecule has 0 atom stereocenters. The molecule has 102 valence electrons. The number of hydrogen-bond acceptors (Lipinski definition) is 4. The Morgan fingerprint density at radius 3 is 3.00 bits per heavy atom. The average molecular weight is 262 g/mol. The lowest BCUT2D eigenvalue weighted by molar-refractivity contribution is -0.118. The Kier molecular flexibility index (Phi) is 4.30. The van der Waals surface area contributed by atoms with E-state index in [0.717, 1.165) is 18.8 Å². The first-order valence-electron chi connectivity index (χ1n) is 6.21. The summed E-state index contributed by atoms with van der Waals surface area (Å²) in [6.45, 7) is 2.16. The summed E-state index contributed by atoms with van der Waals surface area (Å²) in [7, 11) is 1.66. The van der Waals surface area contributed by atoms with Gasteiger partial charge >= 0.3 is 0 Å². The van der Waals surface area contributed by atoms with Crippen molar-refractivity contribution in [1.82, 2.24) is 15.6 Å². The van der Waals surface area contributed by atoms with Crippen molar-refractivity contribution in [2.24, 2.45) is 0 Å². The van der Waals surface area contributed by atoms with Crippen LogP contribution < -0.4 is 20.9 Å². The van der Waals surface area contributed by atoms with Gasteiger partial charge < -0.3 is 20.9 Å². The molecule has 2 rings (SSSR count). The Hall–Kier alpha value is -2.15. The smallest absolute Gasteiger partial charge is 0.228 e. The number of carbonyl (C=O) groups is 1. The Balaban J connectivity index is 2.08. The normalized spacial score (nSPS) is 15.8. The van der Waals surface area contributed by atoms with Crippen molar-refractivity contribution in [3.8, 4) is 0 Å². The van der Waals surface area contributed by atoms with Crippen LogP contribution in [0, 0.1) is 5.41 Å². The van der Waals surface area contributed by atoms with Crippen molar-refractivity contribution in [3.63, 3.8) is 0 Å². The third-order valence-corrected chi connectivity index (χ3v) is 2.89. The molecule has 0 aliphatic carbocycles. The van der Waals surface area contributed by atoms with Crippen molar-refractivity contribution >= 4 is 23.4 Å². The molecule has 1 aliphatic heterocycles. The van der Waals surface area contributed by atoms with Gasteiger partial charge in [0.1, 0.15) is 5.82 Å². The number of amides is 1. The predicted octanol–water partition coefficient (Wildman–Crippen LogP) is -0.0260. The highest BCUT2D eigenvalue weighted by molar-refractivity contribution is 5.94. The molecule has 0 radical (unpaired) electrons. The molecular formula is C12H18N6O. The van der Waals surface area contributed by atoms with Gasteiger partial charge in [0.15, 0.2) is 5.96 Å². The second-order valence-electron chi connectivity index (χ2n) is 4.20. The number of nitrogens with zero attached hydrogens (tertiary/aromatic N) is 2. The first-order chi connectivity index (χ1) is 9.20. The average Bonchev–Trinajstić information content (AvgIpc) is 2.64. The van der Waals surface area contributed by atoms with Gasteiger partial charge in [-0.15, -0.1) is 0 Å². The molecule has 4 N–H and O–H groups in total. The molecule has 7 heteroatoms. The maximum atomic E-state index is 11.9. The second-order valence-corrected chi connectivity index (χ2v) is 4.20. The number of carbonyl (C=O) groups excluding carboxylic acids is 1. The topological polar surface area (TPSA) is 93.1 Å². The number of pyridine rings is 1. The monoisotopic (exact) mass is 262 g/mol. The summed E-state index contributed by atoms with van der Waals surface area (Å²) < 4.78 is 0. The Bertz CT molecular complexity index is 458. The quantitative estimate of drug-likeness (QED) is 0.444. The maximum Gasteiger partial charge on any atom is 0.228 e. The van der Waals surface area contributed by atoms with Crippen LogP contribution in [-0.2, 0) is 4.79 Å². The third kappa shape index (κ3) is 3.41. The molecule has 0 unspecified atom stereocenters. The fourth-order valence-corrected chi connectivity index (χ4v) is 1.85. The maximum absolute atomic E-state index is 11.9. The Labute approximate surface area is 111 Å². The molecule has 1 aliphatic rings. The molecule has 0 spiro atoms. The van der Waals surface area contributed by atoms with Crippen molar-refractivity contribution in [2.45, 2.75) is 6.42 Å². The second kappa shape index (κ2) is 6.14. The van der Waals surface area contributed by atoms with Gasteiger partial charge in [-0.3, -0.25) is 10.2 Å². The fourth-order valence-electron chi connectivity index (χ4n) is 1.85. The lowest BCUT2D eigenvalue weighted by atomic mass is 10.3. The number of anilines is 2. The largest absolute Gasteiger partial charge is 0.359 e. The van der Waals surface area contributed by atoms with E-state index in [-0.39, 0.29) is 11.9 Å². The van der Waals surface area contributed by atoms with E-state index in [2.05, 4.69) is 20.9 Å². The minimum absolute atomic E-state index is 0.107. The molecule has 0 bridgehead atoms. The van der Waals surface area contributed by atoms with Crippen LogP contribution in [0.3, 0.4) is 0 Å². The molecule has 0 saturated carbocycles. The molecular weight excluding hydrogens is 244 g/mol. The summed E-state index contributed by atoms with van der Waals surface area (Å²) >= 11 is 0. The molecule has 1 fully saturated rings. The summed E-state index contributed by atoms with van der Waals surface area (Å²) in [5, 5.41) is 16.1. The van der Waals surface area contributed by atoms with Gasteiger partial charge in [-0.05, 0) is 12.1 Å². The molecule has 7 nitrogen and oxygen atoms in total. The molecule has 1 aromatic rings. The zero-order valence-corrected chi connectivity index (χ0v) is 10.9. The van der Waals surface area contributed by atoms with Crippen molar-refractivity contribution < 1.29 is 4.79 Å². The van der Waals surface area contributed by atoms with E-state index < -0.39 is 0 Å². The molecule has 1 saturated heterocycles. The van der Waals surface area contributed by atoms with Gasteiger partial charge in [0.05, 0.1) is 11.9 Å². The van der Waals surface area contributed by atoms with E-state index in [0.29, 0.717) is 18.8 Å². The fraction of sp³-hybridized carbons (Fsp3) is 0.417. The highest BCUT2D eigenvalue weighted by atomic mass is 16.2. The van der Waals surface area contributed by atoms with Crippen LogP contribution in [-0.4, -0.2) is 43.5 Å². The van der Waals surface area contributed by atoms with E-state index in [1.807, 2.05) is 6.07 Å². The minimum Gasteiger partial charge on any atom is -0.359 e. The van der Waals surface area contributed by atoms with E-state index in [1.54, 1.807) is 24.2 Å². The van der Waals surface area contributed by atoms with E-state index in [4.69, 9.17) is 5.41 Å². The lowest BCUT2D eigenvalue weighted by Gasteiger charge is -2.20. The lowest BCUT2D eigenvalue weighted by Crippen LogP contribution is -2.32. The van der Waals surface area contributed by atoms with E-state index >= 15 is 0 Å². The summed E-state index contributed by atoms with van der Waals surface area (Å²) in [6.07, 6.45) is 2.15. The van der Waals surface area contributed by atoms with Crippen molar-refractivity contribution in [3.05, 3.63) is 18.3 Å². The van der Waals surface area contributed by atoms with Crippen molar-refractivity contribution in [2.75, 3.05) is 36.9 Å². The zero-order valence-electron chi connectivity index (χ0n) is 10.9. The van der Waals surface area contributed by atoms with Crippen molar-refractivity contribution in [1.29, 1.82) is 5.41 Å². The van der Waals surface area contributed by atoms with Crippen LogP contribution in [0.5, 0.6) is 0 Å². The van der Waals surface area contributed by atoms with Gasteiger partial charge in [0, 0.05) is 33.1 Å². The Morgan fingerprint density at radius 2 is 2.32 bits per heavy atom. The summed E-state index contributed by atoms with van der Waals surface area (Å²) in [4.78, 5) is 17.9. The van der Waals surface area contributed by atoms with Crippen LogP contribution in [0.1, 0.15) is 6.42 Å². The number of hydrogen-bond donors (Lipinski definition) is 4. The summed E-state index contributed by atoms with van der Waals surface area (Å²) in [5.74, 6) is 0.856. The van der Waals surface area contributed by atoms with Gasteiger partial charge in [-0.25, -0.2) is 4.98 Å². The zero-order chi connectivity index (χ0) is 13.7. The highest BCUT2D eigenvalue weighted by Gasteiger charge is 2.18. The van der Waals surface area contributed by atoms with Crippen LogP contribution in [0.15, 0.2) is 18.3 Å². The molecule has 19 heavy (non-hydrogen) atoms. The Morgan fingerprint density at radius 1 is 1.47 bits per heavy atom. The van der Waals surface area contributed by atoms with Gasteiger partial charge in [0.2, 0.25) is 5.91 Å². The number of aromatic nitrogens is 1. The minimum atomic E-state index is 0.107. The van der Waals surface area contributed by atoms with E-state index in [9.17, 15) is 4.79 Å². The van der Waals surface area contributed by atoms with Gasteiger partial charge in [-0.2, -0.15) is 0 Å². The predicted molar refractivity (Wildman–Crippen MR) is 74.5 cm³/mol.